The molecule has 0 amide bonds. The number of rotatable bonds is 4. The first-order valence-electron chi connectivity index (χ1n) is 6.83. The van der Waals surface area contributed by atoms with Crippen LogP contribution in [0.4, 0.5) is 0 Å². The fourth-order valence-corrected chi connectivity index (χ4v) is 2.31. The molecule has 1 rings (SSSR count). The van der Waals surface area contributed by atoms with E-state index in [1.165, 1.54) is 6.08 Å². The number of carboxylic acids is 1. The van der Waals surface area contributed by atoms with E-state index in [1.54, 1.807) is 7.11 Å². The van der Waals surface area contributed by atoms with Gasteiger partial charge in [-0.2, -0.15) is 0 Å². The Bertz CT molecular complexity index is 534. The van der Waals surface area contributed by atoms with Crippen molar-refractivity contribution in [2.24, 2.45) is 0 Å². The van der Waals surface area contributed by atoms with Crippen molar-refractivity contribution in [3.8, 4) is 5.75 Å². The molecular formula is C17H24O3. The molecule has 110 valence electrons. The first-order chi connectivity index (χ1) is 9.20. The van der Waals surface area contributed by atoms with Gasteiger partial charge in [-0.3, -0.25) is 0 Å². The zero-order chi connectivity index (χ0) is 15.5. The fraction of sp³-hybridized carbons (Fsp3) is 0.471. The van der Waals surface area contributed by atoms with Crippen molar-refractivity contribution in [3.05, 3.63) is 34.9 Å². The molecule has 0 atom stereocenters. The first kappa shape index (κ1) is 16.3. The summed E-state index contributed by atoms with van der Waals surface area (Å²) in [6, 6.07) is 4.10. The van der Waals surface area contributed by atoms with Gasteiger partial charge in [0.2, 0.25) is 0 Å². The number of aryl methyl sites for hydroxylation is 1. The largest absolute Gasteiger partial charge is 0.496 e. The number of benzene rings is 1. The van der Waals surface area contributed by atoms with Gasteiger partial charge >= 0.3 is 5.97 Å². The van der Waals surface area contributed by atoms with Crippen molar-refractivity contribution in [3.63, 3.8) is 0 Å². The Morgan fingerprint density at radius 3 is 2.35 bits per heavy atom. The Hall–Kier alpha value is -1.77. The minimum atomic E-state index is -0.928. The molecule has 3 heteroatoms. The maximum atomic E-state index is 11.0. The van der Waals surface area contributed by atoms with Gasteiger partial charge in [0.25, 0.3) is 0 Å². The molecule has 0 saturated carbocycles. The summed E-state index contributed by atoms with van der Waals surface area (Å²) in [6.07, 6.45) is 1.92. The van der Waals surface area contributed by atoms with Crippen molar-refractivity contribution in [2.45, 2.75) is 46.5 Å². The van der Waals surface area contributed by atoms with Gasteiger partial charge < -0.3 is 9.84 Å². The van der Waals surface area contributed by atoms with E-state index in [0.29, 0.717) is 6.42 Å². The number of hydrogen-bond donors (Lipinski definition) is 1. The topological polar surface area (TPSA) is 46.5 Å². The molecule has 0 heterocycles. The number of carboxylic acid groups (broad SMARTS) is 1. The minimum Gasteiger partial charge on any atom is -0.496 e. The molecule has 0 unspecified atom stereocenters. The normalized spacial score (nSPS) is 12.4. The van der Waals surface area contributed by atoms with Gasteiger partial charge in [-0.15, -0.1) is 0 Å². The quantitative estimate of drug-likeness (QED) is 0.839. The van der Waals surface area contributed by atoms with E-state index in [-0.39, 0.29) is 5.41 Å². The molecule has 1 aromatic rings. The maximum Gasteiger partial charge on any atom is 0.328 e. The van der Waals surface area contributed by atoms with Crippen LogP contribution >= 0.6 is 0 Å². The average molecular weight is 276 g/mol. The second kappa shape index (κ2) is 6.12. The van der Waals surface area contributed by atoms with Crippen molar-refractivity contribution in [2.75, 3.05) is 7.11 Å². The Balaban J connectivity index is 3.62. The molecule has 0 aliphatic carbocycles. The lowest BCUT2D eigenvalue weighted by molar-refractivity contribution is -0.131. The molecule has 0 radical (unpaired) electrons. The first-order valence-corrected chi connectivity index (χ1v) is 6.83. The third kappa shape index (κ3) is 3.62. The molecule has 0 aromatic heterocycles. The summed E-state index contributed by atoms with van der Waals surface area (Å²) in [5, 5.41) is 9.02. The van der Waals surface area contributed by atoms with Crippen LogP contribution in [0.5, 0.6) is 5.75 Å². The molecule has 3 nitrogen and oxygen atoms in total. The number of methoxy groups -OCH3 is 1. The Labute approximate surface area is 121 Å². The highest BCUT2D eigenvalue weighted by atomic mass is 16.5. The van der Waals surface area contributed by atoms with E-state index in [0.717, 1.165) is 28.0 Å². The van der Waals surface area contributed by atoms with Crippen LogP contribution in [0.25, 0.3) is 5.57 Å². The van der Waals surface area contributed by atoms with E-state index in [9.17, 15) is 4.79 Å². The van der Waals surface area contributed by atoms with Crippen LogP contribution in [0.3, 0.4) is 0 Å². The van der Waals surface area contributed by atoms with Gasteiger partial charge in [-0.1, -0.05) is 33.8 Å². The van der Waals surface area contributed by atoms with Crippen molar-refractivity contribution >= 4 is 11.5 Å². The van der Waals surface area contributed by atoms with Gasteiger partial charge in [0.1, 0.15) is 5.75 Å². The molecule has 0 aliphatic heterocycles. The number of aliphatic carboxylic acids is 1. The van der Waals surface area contributed by atoms with Crippen LogP contribution in [-0.2, 0) is 10.2 Å². The van der Waals surface area contributed by atoms with Crippen LogP contribution in [0, 0.1) is 6.92 Å². The third-order valence-corrected chi connectivity index (χ3v) is 3.27. The number of allylic oxidation sites excluding steroid dienone is 1. The monoisotopic (exact) mass is 276 g/mol. The van der Waals surface area contributed by atoms with Crippen LogP contribution in [-0.4, -0.2) is 18.2 Å². The molecule has 1 N–H and O–H groups in total. The van der Waals surface area contributed by atoms with Crippen LogP contribution in [0.1, 0.15) is 50.8 Å². The van der Waals surface area contributed by atoms with Crippen LogP contribution < -0.4 is 4.74 Å². The summed E-state index contributed by atoms with van der Waals surface area (Å²) in [6.45, 7) is 10.3. The Morgan fingerprint density at radius 1 is 1.35 bits per heavy atom. The van der Waals surface area contributed by atoms with E-state index >= 15 is 0 Å². The molecule has 0 fully saturated rings. The molecule has 1 aromatic carbocycles. The molecule has 0 spiro atoms. The molecule has 0 bridgehead atoms. The Morgan fingerprint density at radius 2 is 1.95 bits per heavy atom. The van der Waals surface area contributed by atoms with Gasteiger partial charge in [-0.05, 0) is 36.0 Å². The van der Waals surface area contributed by atoms with Crippen LogP contribution in [0.2, 0.25) is 0 Å². The fourth-order valence-electron chi connectivity index (χ4n) is 2.31. The zero-order valence-electron chi connectivity index (χ0n) is 13.2. The van der Waals surface area contributed by atoms with E-state index in [4.69, 9.17) is 9.84 Å². The van der Waals surface area contributed by atoms with Crippen molar-refractivity contribution in [1.82, 2.24) is 0 Å². The van der Waals surface area contributed by atoms with E-state index < -0.39 is 5.97 Å². The summed E-state index contributed by atoms with van der Waals surface area (Å²) < 4.78 is 5.59. The number of ether oxygens (including phenoxy) is 1. The standard InChI is InChI=1S/C17H24O3/c1-7-12(10-15(18)19)13-8-11(2)9-14(16(13)20-6)17(3,4)5/h8-10H,7H2,1-6H3,(H,18,19)/b12-10+. The van der Waals surface area contributed by atoms with E-state index in [2.05, 4.69) is 26.8 Å². The smallest absolute Gasteiger partial charge is 0.328 e. The van der Waals surface area contributed by atoms with Gasteiger partial charge in [0, 0.05) is 17.2 Å². The summed E-state index contributed by atoms with van der Waals surface area (Å²) in [5.41, 5.74) is 3.80. The number of carbonyl (C=O) groups is 1. The van der Waals surface area contributed by atoms with Gasteiger partial charge in [0.05, 0.1) is 7.11 Å². The predicted molar refractivity (Wildman–Crippen MR) is 82.3 cm³/mol. The second-order valence-electron chi connectivity index (χ2n) is 6.00. The zero-order valence-corrected chi connectivity index (χ0v) is 13.2. The average Bonchev–Trinajstić information content (AvgIpc) is 2.33. The maximum absolute atomic E-state index is 11.0. The molecular weight excluding hydrogens is 252 g/mol. The highest BCUT2D eigenvalue weighted by molar-refractivity contribution is 5.91. The summed E-state index contributed by atoms with van der Waals surface area (Å²) in [7, 11) is 1.64. The van der Waals surface area contributed by atoms with E-state index in [1.807, 2.05) is 19.9 Å². The lowest BCUT2D eigenvalue weighted by Gasteiger charge is -2.25. The Kier molecular flexibility index (Phi) is 4.98. The summed E-state index contributed by atoms with van der Waals surface area (Å²) in [4.78, 5) is 11.0. The summed E-state index contributed by atoms with van der Waals surface area (Å²) >= 11 is 0. The lowest BCUT2D eigenvalue weighted by atomic mass is 9.82. The second-order valence-corrected chi connectivity index (χ2v) is 6.00. The highest BCUT2D eigenvalue weighted by Gasteiger charge is 2.23. The van der Waals surface area contributed by atoms with Crippen LogP contribution in [0.15, 0.2) is 18.2 Å². The minimum absolute atomic E-state index is 0.0613. The SMILES string of the molecule is CC/C(=C\C(=O)O)c1cc(C)cc(C(C)(C)C)c1OC. The number of hydrogen-bond acceptors (Lipinski definition) is 2. The van der Waals surface area contributed by atoms with Gasteiger partial charge in [-0.25, -0.2) is 4.79 Å². The molecule has 0 saturated heterocycles. The molecule has 20 heavy (non-hydrogen) atoms. The van der Waals surface area contributed by atoms with Crippen molar-refractivity contribution in [1.29, 1.82) is 0 Å². The third-order valence-electron chi connectivity index (χ3n) is 3.27. The molecule has 0 aliphatic rings. The highest BCUT2D eigenvalue weighted by Crippen LogP contribution is 2.38. The lowest BCUT2D eigenvalue weighted by Crippen LogP contribution is -2.14. The predicted octanol–water partition coefficient (Wildman–Crippen LogP) is 4.18. The summed E-state index contributed by atoms with van der Waals surface area (Å²) in [5.74, 6) is -0.153. The van der Waals surface area contributed by atoms with Crippen molar-refractivity contribution < 1.29 is 14.6 Å². The van der Waals surface area contributed by atoms with Gasteiger partial charge in [0.15, 0.2) is 0 Å².